The van der Waals surface area contributed by atoms with E-state index in [0.29, 0.717) is 77.6 Å². The largest absolute Gasteiger partial charge is 1.00 e. The third kappa shape index (κ3) is 31.4. The van der Waals surface area contributed by atoms with Crippen LogP contribution in [0.1, 0.15) is 29.4 Å². The van der Waals surface area contributed by atoms with Gasteiger partial charge < -0.3 is 99.3 Å². The van der Waals surface area contributed by atoms with E-state index in [1.54, 1.807) is 0 Å². The van der Waals surface area contributed by atoms with Gasteiger partial charge in [0.1, 0.15) is 53.9 Å². The molecule has 48 heteroatoms. The quantitative estimate of drug-likeness (QED) is 0.00540. The van der Waals surface area contributed by atoms with Crippen molar-refractivity contribution in [2.75, 3.05) is 154 Å². The number of nitrogens with zero attached hydrogens (tertiary/aromatic N) is 4. The van der Waals surface area contributed by atoms with E-state index in [-0.39, 0.29) is 135 Å². The zero-order valence-electron chi connectivity index (χ0n) is 61.7. The number of fused-ring (bicyclic) bond motifs is 4. The van der Waals surface area contributed by atoms with Gasteiger partial charge in [0.2, 0.25) is 11.6 Å². The second-order valence-electron chi connectivity index (χ2n) is 20.9. The van der Waals surface area contributed by atoms with E-state index in [4.69, 9.17) is 62.5 Å². The van der Waals surface area contributed by atoms with Crippen LogP contribution in [-0.2, 0) is 67.4 Å². The number of anilines is 4. The molecule has 0 saturated heterocycles. The molecule has 598 valence electrons. The number of phenolic OH excluding ortho intramolecular Hbond substituents is 2. The summed E-state index contributed by atoms with van der Waals surface area (Å²) in [5.41, 5.74) is 11.5. The van der Waals surface area contributed by atoms with Crippen LogP contribution < -0.4 is 48.9 Å². The maximum atomic E-state index is 12.7. The van der Waals surface area contributed by atoms with E-state index < -0.39 is 138 Å². The van der Waals surface area contributed by atoms with Crippen LogP contribution >= 0.6 is 0 Å². The number of nitrogen functional groups attached to an aromatic ring is 2. The molecule has 27 N–H and O–H groups in total. The first-order valence-electron chi connectivity index (χ1n) is 30.8. The number of non-ortho nitro benzene ring substituents is 2. The summed E-state index contributed by atoms with van der Waals surface area (Å²) in [6.45, 7) is 7.09. The molecule has 0 aliphatic heterocycles. The molecule has 0 aromatic heterocycles. The van der Waals surface area contributed by atoms with Crippen molar-refractivity contribution in [2.45, 2.75) is 9.79 Å². The van der Waals surface area contributed by atoms with E-state index in [2.05, 4.69) is 47.6 Å². The van der Waals surface area contributed by atoms with Crippen LogP contribution in [0.4, 0.5) is 34.1 Å². The second-order valence-corrected chi connectivity index (χ2v) is 26.5. The predicted molar refractivity (Wildman–Crippen MR) is 396 cm³/mol. The van der Waals surface area contributed by atoms with Crippen molar-refractivity contribution < 1.29 is 157 Å². The number of aliphatic hydroxyl groups excluding tert-OH is 10. The van der Waals surface area contributed by atoms with E-state index in [0.717, 1.165) is 48.5 Å². The first-order valence-corrected chi connectivity index (χ1v) is 36.6. The number of nitrogens with one attached hydrogen (secondary N) is 7. The van der Waals surface area contributed by atoms with Crippen molar-refractivity contribution in [2.24, 2.45) is 10.2 Å². The number of hydrogen-bond donors (Lipinski definition) is 25. The molecule has 6 aromatic rings. The fraction of sp³-hybridized carbons (Fsp3) is 0.333. The molecular formula is C60H88CrN13O30S4+5. The monoisotopic (exact) mass is 1650 g/mol. The standard InChI is InChI=1S/2C20H14N4O10S2.5C4H11NO2.Cr/c2*21-10-1-3-12-9(5-10)6-17(36(32,33)34)19(20(12)26)23-22-18-13-4-2-11(24(27)28)7-14(13)16(8-15(18)25)35(29,30)31;5*6-3-1-5-2-4-7;/h2*1-8,23,26H,21H2,(H,29,30,31)(H,32,33,34);5*5-7H,1-4H2;/p+5. The molecule has 43 nitrogen and oxygen atoms in total. The smallest absolute Gasteiger partial charge is 0.505 e. The number of aliphatic hydroxyl groups is 10. The number of benzene rings is 6. The number of carbonyl (C=O) groups is 2. The Kier molecular flexibility index (Phi) is 43.7. The molecule has 0 radical (unpaired) electrons. The van der Waals surface area contributed by atoms with Crippen molar-refractivity contribution >= 4 is 129 Å². The normalized spacial score (nSPS) is 13.1. The van der Waals surface area contributed by atoms with E-state index in [1.807, 2.05) is 0 Å². The van der Waals surface area contributed by atoms with Gasteiger partial charge in [-0.1, -0.05) is 0 Å². The van der Waals surface area contributed by atoms with Gasteiger partial charge in [-0.3, -0.25) is 58.9 Å². The average molecular weight is 1650 g/mol. The number of aromatic hydroxyl groups is 2. The molecule has 0 spiro atoms. The topological polar surface area (TPSA) is 742 Å². The third-order valence-corrected chi connectivity index (χ3v) is 16.8. The van der Waals surface area contributed by atoms with Crippen molar-refractivity contribution in [3.05, 3.63) is 140 Å². The molecule has 0 heterocycles. The first kappa shape index (κ1) is 97.2. The number of carbonyl (C=O) groups excluding carboxylic acids is 2. The molecule has 0 unspecified atom stereocenters. The molecule has 0 saturated carbocycles. The number of phenols is 2. The summed E-state index contributed by atoms with van der Waals surface area (Å²) in [6, 6.07) is 15.8. The molecule has 0 fully saturated rings. The molecule has 108 heavy (non-hydrogen) atoms. The number of hydrogen-bond acceptors (Lipinski definition) is 37. The SMILES string of the molecule is Nc1ccc2c(O)c(NN=C3C(=O)C=C(S(=O)(=O)O)c4cc([N+](=O)[O-])ccc43)c(S(=O)(=O)O)cc2c1.Nc1ccc2c(O)c(NN=C3C(=O)C=C(S(=O)(=O)O)c4cc([N+](=O)[O-])ccc43)c(S(=O)(=O)O)cc2c1.OCCNCCO.OCCNCCO.OCCNCCO.OCCNCCO.OCCNCCO.[Cr].[H+].[H+].[H+].[H+].[H+]. The van der Waals surface area contributed by atoms with E-state index >= 15 is 0 Å². The molecule has 2 aliphatic carbocycles. The fourth-order valence-electron chi connectivity index (χ4n) is 8.59. The maximum Gasteiger partial charge on any atom is 1.00 e. The summed E-state index contributed by atoms with van der Waals surface area (Å²) < 4.78 is 133. The molecule has 8 rings (SSSR count). The van der Waals surface area contributed by atoms with Crippen LogP contribution in [0.3, 0.4) is 0 Å². The summed E-state index contributed by atoms with van der Waals surface area (Å²) in [6.07, 6.45) is 0.962. The van der Waals surface area contributed by atoms with Gasteiger partial charge in [0.05, 0.1) is 75.9 Å². The first-order chi connectivity index (χ1) is 50.4. The van der Waals surface area contributed by atoms with Gasteiger partial charge in [0, 0.05) is 164 Å². The minimum atomic E-state index is -4.99. The molecule has 6 aromatic carbocycles. The van der Waals surface area contributed by atoms with Gasteiger partial charge in [0.15, 0.2) is 0 Å². The summed E-state index contributed by atoms with van der Waals surface area (Å²) in [5.74, 6) is -3.49. The predicted octanol–water partition coefficient (Wildman–Crippen LogP) is -2.82. The Hall–Kier alpha value is -8.83. The molecular weight excluding hydrogens is 1560 g/mol. The Balaban J connectivity index is -0.000000467. The summed E-state index contributed by atoms with van der Waals surface area (Å²) in [5, 5.41) is 147. The molecule has 0 atom stereocenters. The zero-order valence-corrected chi connectivity index (χ0v) is 61.3. The van der Waals surface area contributed by atoms with Crippen molar-refractivity contribution in [1.82, 2.24) is 26.6 Å². The van der Waals surface area contributed by atoms with Gasteiger partial charge >= 0.3 is 7.13 Å². The fourth-order valence-corrected chi connectivity index (χ4v) is 11.3. The Morgan fingerprint density at radius 2 is 0.648 bits per heavy atom. The number of nitro groups is 2. The maximum absolute atomic E-state index is 12.7. The van der Waals surface area contributed by atoms with Gasteiger partial charge in [-0.15, -0.1) is 0 Å². The van der Waals surface area contributed by atoms with Gasteiger partial charge in [-0.2, -0.15) is 43.9 Å². The van der Waals surface area contributed by atoms with Crippen LogP contribution in [0.2, 0.25) is 0 Å². The summed E-state index contributed by atoms with van der Waals surface area (Å²) in [4.78, 5) is 42.5. The van der Waals surface area contributed by atoms with Crippen LogP contribution in [0.5, 0.6) is 11.5 Å². The van der Waals surface area contributed by atoms with E-state index in [9.17, 15) is 91.9 Å². The van der Waals surface area contributed by atoms with Crippen LogP contribution in [0.15, 0.2) is 117 Å². The number of hydrazone groups is 2. The number of ketones is 2. The Morgan fingerprint density at radius 3 is 0.870 bits per heavy atom. The van der Waals surface area contributed by atoms with Crippen molar-refractivity contribution in [3.63, 3.8) is 0 Å². The number of nitrogens with two attached hydrogens (primary N) is 2. The Labute approximate surface area is 634 Å². The minimum absolute atomic E-state index is 0. The number of rotatable bonds is 30. The van der Waals surface area contributed by atoms with Crippen LogP contribution in [0, 0.1) is 20.2 Å². The zero-order chi connectivity index (χ0) is 80.8. The summed E-state index contributed by atoms with van der Waals surface area (Å²) in [7, 11) is -19.9. The number of allylic oxidation sites excluding steroid dienone is 2. The number of nitro benzene ring substituents is 2. The minimum Gasteiger partial charge on any atom is -0.505 e. The van der Waals surface area contributed by atoms with Gasteiger partial charge in [0.25, 0.3) is 51.8 Å². The van der Waals surface area contributed by atoms with E-state index in [1.165, 1.54) is 36.4 Å². The van der Waals surface area contributed by atoms with Gasteiger partial charge in [-0.25, -0.2) is 0 Å². The van der Waals surface area contributed by atoms with Gasteiger partial charge in [-0.05, 0) is 71.4 Å². The third-order valence-electron chi connectivity index (χ3n) is 13.2. The van der Waals surface area contributed by atoms with Crippen molar-refractivity contribution in [1.29, 1.82) is 0 Å². The Bertz CT molecular complexity index is 4310. The second kappa shape index (κ2) is 48.6. The molecule has 0 bridgehead atoms. The van der Waals surface area contributed by atoms with Crippen molar-refractivity contribution in [3.8, 4) is 11.5 Å². The van der Waals surface area contributed by atoms with Crippen LogP contribution in [-0.4, -0.2) is 278 Å². The molecule has 2 aliphatic rings. The summed E-state index contributed by atoms with van der Waals surface area (Å²) >= 11 is 0. The Morgan fingerprint density at radius 1 is 0.389 bits per heavy atom. The van der Waals surface area contributed by atoms with Crippen LogP contribution in [0.25, 0.3) is 31.4 Å². The average Bonchev–Trinajstić information content (AvgIpc) is 0.772. The molecule has 0 amide bonds.